The zero-order valence-electron chi connectivity index (χ0n) is 7.88. The largest absolute Gasteiger partial charge is 0.478 e. The second kappa shape index (κ2) is 4.32. The molecule has 2 nitrogen and oxygen atoms in total. The van der Waals surface area contributed by atoms with Gasteiger partial charge in [0.25, 0.3) is 5.24 Å². The van der Waals surface area contributed by atoms with E-state index in [1.165, 1.54) is 0 Å². The fourth-order valence-electron chi connectivity index (χ4n) is 0.843. The smallest absolute Gasteiger partial charge is 0.264 e. The minimum Gasteiger partial charge on any atom is -0.478 e. The highest BCUT2D eigenvalue weighted by Crippen LogP contribution is 2.28. The highest BCUT2D eigenvalue weighted by molar-refractivity contribution is 9.10. The minimum absolute atomic E-state index is 0.520. The highest BCUT2D eigenvalue weighted by Gasteiger charge is 2.28. The third-order valence-corrected chi connectivity index (χ3v) is 2.79. The molecule has 1 rings (SSSR count). The number of halogens is 2. The number of benzene rings is 1. The number of carbonyl (C=O) groups excluding carboxylic acids is 1. The van der Waals surface area contributed by atoms with Crippen molar-refractivity contribution in [2.45, 2.75) is 19.4 Å². The van der Waals surface area contributed by atoms with Gasteiger partial charge in [-0.3, -0.25) is 4.79 Å². The summed E-state index contributed by atoms with van der Waals surface area (Å²) in [7, 11) is 0. The van der Waals surface area contributed by atoms with Crippen molar-refractivity contribution in [1.29, 1.82) is 0 Å². The molecule has 1 aromatic carbocycles. The van der Waals surface area contributed by atoms with E-state index in [2.05, 4.69) is 15.9 Å². The van der Waals surface area contributed by atoms with Crippen LogP contribution in [0.25, 0.3) is 0 Å². The lowest BCUT2D eigenvalue weighted by atomic mass is 10.1. The molecule has 0 saturated carbocycles. The molecular weight excluding hydrogens is 267 g/mol. The molecule has 0 aromatic heterocycles. The first kappa shape index (κ1) is 11.5. The summed E-state index contributed by atoms with van der Waals surface area (Å²) >= 11 is 8.71. The average Bonchev–Trinajstić information content (AvgIpc) is 2.08. The number of hydrogen-bond donors (Lipinski definition) is 0. The van der Waals surface area contributed by atoms with Crippen molar-refractivity contribution in [3.05, 3.63) is 28.7 Å². The summed E-state index contributed by atoms with van der Waals surface area (Å²) in [5, 5.41) is -0.520. The van der Waals surface area contributed by atoms with Crippen molar-refractivity contribution >= 4 is 32.8 Å². The van der Waals surface area contributed by atoms with E-state index >= 15 is 0 Å². The molecule has 0 radical (unpaired) electrons. The van der Waals surface area contributed by atoms with E-state index in [4.69, 9.17) is 16.3 Å². The first-order chi connectivity index (χ1) is 6.43. The third kappa shape index (κ3) is 2.72. The summed E-state index contributed by atoms with van der Waals surface area (Å²) in [5.41, 5.74) is -1.01. The molecular formula is C10H10BrClO2. The lowest BCUT2D eigenvalue weighted by Crippen LogP contribution is -2.35. The van der Waals surface area contributed by atoms with Crippen LogP contribution in [0, 0.1) is 0 Å². The first-order valence-corrected chi connectivity index (χ1v) is 5.24. The van der Waals surface area contributed by atoms with E-state index in [1.807, 2.05) is 18.2 Å². The van der Waals surface area contributed by atoms with E-state index in [9.17, 15) is 4.79 Å². The Morgan fingerprint density at radius 1 is 1.43 bits per heavy atom. The molecule has 0 saturated heterocycles. The van der Waals surface area contributed by atoms with Gasteiger partial charge in [-0.1, -0.05) is 12.1 Å². The number of rotatable bonds is 3. The molecule has 0 N–H and O–H groups in total. The number of ether oxygens (including phenoxy) is 1. The van der Waals surface area contributed by atoms with Crippen LogP contribution in [0.5, 0.6) is 5.75 Å². The van der Waals surface area contributed by atoms with E-state index in [0.29, 0.717) is 5.75 Å². The predicted molar refractivity (Wildman–Crippen MR) is 59.7 cm³/mol. The summed E-state index contributed by atoms with van der Waals surface area (Å²) < 4.78 is 6.26. The first-order valence-electron chi connectivity index (χ1n) is 4.07. The number of carbonyl (C=O) groups is 1. The van der Waals surface area contributed by atoms with Crippen molar-refractivity contribution in [3.63, 3.8) is 0 Å². The van der Waals surface area contributed by atoms with Gasteiger partial charge in [-0.15, -0.1) is 0 Å². The fraction of sp³-hybridized carbons (Fsp3) is 0.300. The highest BCUT2D eigenvalue weighted by atomic mass is 79.9. The molecule has 0 spiro atoms. The maximum atomic E-state index is 11.0. The molecule has 14 heavy (non-hydrogen) atoms. The standard InChI is InChI=1S/C10H10BrClO2/c1-10(2,9(12)13)14-8-6-4-3-5-7(8)11/h3-6H,1-2H3. The maximum absolute atomic E-state index is 11.0. The molecule has 0 bridgehead atoms. The van der Waals surface area contributed by atoms with Gasteiger partial charge in [0, 0.05) is 0 Å². The molecule has 0 aliphatic rings. The monoisotopic (exact) mass is 276 g/mol. The second-order valence-corrected chi connectivity index (χ2v) is 4.51. The van der Waals surface area contributed by atoms with Gasteiger partial charge in [0.1, 0.15) is 5.75 Å². The molecule has 0 amide bonds. The summed E-state index contributed by atoms with van der Waals surface area (Å²) in [4.78, 5) is 11.0. The van der Waals surface area contributed by atoms with Crippen LogP contribution in [0.15, 0.2) is 28.7 Å². The third-order valence-electron chi connectivity index (χ3n) is 1.68. The van der Waals surface area contributed by atoms with Crippen LogP contribution >= 0.6 is 27.5 Å². The van der Waals surface area contributed by atoms with Gasteiger partial charge < -0.3 is 4.74 Å². The van der Waals surface area contributed by atoms with Crippen LogP contribution in [-0.2, 0) is 4.79 Å². The molecule has 0 unspecified atom stereocenters. The minimum atomic E-state index is -1.01. The van der Waals surface area contributed by atoms with Crippen LogP contribution in [0.3, 0.4) is 0 Å². The topological polar surface area (TPSA) is 26.3 Å². The molecule has 0 aliphatic carbocycles. The van der Waals surface area contributed by atoms with Crippen molar-refractivity contribution in [2.75, 3.05) is 0 Å². The average molecular weight is 278 g/mol. The Bertz CT molecular complexity index is 350. The Morgan fingerprint density at radius 2 is 2.00 bits per heavy atom. The van der Waals surface area contributed by atoms with Crippen LogP contribution in [0.2, 0.25) is 0 Å². The van der Waals surface area contributed by atoms with E-state index < -0.39 is 10.8 Å². The molecule has 0 aliphatic heterocycles. The summed E-state index contributed by atoms with van der Waals surface area (Å²) in [5.74, 6) is 0.603. The lowest BCUT2D eigenvalue weighted by Gasteiger charge is -2.22. The van der Waals surface area contributed by atoms with E-state index in [0.717, 1.165) is 4.47 Å². The van der Waals surface area contributed by atoms with Gasteiger partial charge in [-0.2, -0.15) is 0 Å². The van der Waals surface area contributed by atoms with Crippen LogP contribution < -0.4 is 4.74 Å². The van der Waals surface area contributed by atoms with Crippen LogP contribution in [0.4, 0.5) is 0 Å². The Labute approximate surface area is 96.3 Å². The Hall–Kier alpha value is -0.540. The summed E-state index contributed by atoms with van der Waals surface area (Å²) in [6.45, 7) is 3.25. The zero-order chi connectivity index (χ0) is 10.8. The maximum Gasteiger partial charge on any atom is 0.264 e. The van der Waals surface area contributed by atoms with Crippen molar-refractivity contribution in [1.82, 2.24) is 0 Å². The van der Waals surface area contributed by atoms with E-state index in [-0.39, 0.29) is 0 Å². The van der Waals surface area contributed by atoms with Gasteiger partial charge in [0.2, 0.25) is 0 Å². The molecule has 0 heterocycles. The Kier molecular flexibility index (Phi) is 3.56. The summed E-state index contributed by atoms with van der Waals surface area (Å²) in [6, 6.07) is 7.30. The van der Waals surface area contributed by atoms with Crippen LogP contribution in [-0.4, -0.2) is 10.8 Å². The van der Waals surface area contributed by atoms with Gasteiger partial charge in [0.15, 0.2) is 5.60 Å². The Balaban J connectivity index is 2.89. The van der Waals surface area contributed by atoms with Crippen molar-refractivity contribution in [2.24, 2.45) is 0 Å². The predicted octanol–water partition coefficient (Wildman–Crippen LogP) is 3.37. The van der Waals surface area contributed by atoms with Crippen molar-refractivity contribution < 1.29 is 9.53 Å². The lowest BCUT2D eigenvalue weighted by molar-refractivity contribution is -0.123. The van der Waals surface area contributed by atoms with Gasteiger partial charge in [-0.25, -0.2) is 0 Å². The van der Waals surface area contributed by atoms with Crippen molar-refractivity contribution in [3.8, 4) is 5.75 Å². The molecule has 4 heteroatoms. The Morgan fingerprint density at radius 3 is 2.50 bits per heavy atom. The molecule has 0 fully saturated rings. The molecule has 76 valence electrons. The molecule has 0 atom stereocenters. The normalized spacial score (nSPS) is 11.1. The number of hydrogen-bond acceptors (Lipinski definition) is 2. The van der Waals surface area contributed by atoms with Gasteiger partial charge >= 0.3 is 0 Å². The quantitative estimate of drug-likeness (QED) is 0.792. The second-order valence-electron chi connectivity index (χ2n) is 3.32. The van der Waals surface area contributed by atoms with Gasteiger partial charge in [0.05, 0.1) is 4.47 Å². The SMILES string of the molecule is CC(C)(Oc1ccccc1Br)C(=O)Cl. The van der Waals surface area contributed by atoms with Gasteiger partial charge in [-0.05, 0) is 53.5 Å². The van der Waals surface area contributed by atoms with E-state index in [1.54, 1.807) is 19.9 Å². The summed E-state index contributed by atoms with van der Waals surface area (Å²) in [6.07, 6.45) is 0. The molecule has 1 aromatic rings. The number of para-hydroxylation sites is 1. The van der Waals surface area contributed by atoms with Crippen LogP contribution in [0.1, 0.15) is 13.8 Å². The zero-order valence-corrected chi connectivity index (χ0v) is 10.2. The fourth-order valence-corrected chi connectivity index (χ4v) is 1.25.